The van der Waals surface area contributed by atoms with Gasteiger partial charge in [0.1, 0.15) is 5.82 Å². The number of hydrogen-bond donors (Lipinski definition) is 1. The van der Waals surface area contributed by atoms with Gasteiger partial charge in [0, 0.05) is 41.1 Å². The molecule has 3 heterocycles. The lowest BCUT2D eigenvalue weighted by molar-refractivity contribution is -0.105. The molecule has 3 aromatic heterocycles. The van der Waals surface area contributed by atoms with Crippen LogP contribution in [-0.4, -0.2) is 25.8 Å². The van der Waals surface area contributed by atoms with Crippen LogP contribution in [0.25, 0.3) is 28.3 Å². The second kappa shape index (κ2) is 6.36. The number of anilines is 1. The van der Waals surface area contributed by atoms with Gasteiger partial charge in [-0.2, -0.15) is 0 Å². The first kappa shape index (κ1) is 15.9. The molecule has 1 amide bonds. The van der Waals surface area contributed by atoms with Gasteiger partial charge in [-0.1, -0.05) is 6.07 Å². The Morgan fingerprint density at radius 1 is 1.12 bits per heavy atom. The zero-order valence-corrected chi connectivity index (χ0v) is 13.8. The number of aromatic nitrogens is 4. The largest absolute Gasteiger partial charge is 0.329 e. The Labute approximate surface area is 148 Å². The molecule has 128 valence electrons. The highest BCUT2D eigenvalue weighted by Gasteiger charge is 2.12. The Morgan fingerprint density at radius 2 is 2.00 bits per heavy atom. The van der Waals surface area contributed by atoms with Crippen molar-refractivity contribution in [2.75, 3.05) is 5.32 Å². The predicted octanol–water partition coefficient (Wildman–Crippen LogP) is 3.47. The summed E-state index contributed by atoms with van der Waals surface area (Å²) < 4.78 is 15.9. The molecule has 0 bridgehead atoms. The average molecular weight is 347 g/mol. The summed E-state index contributed by atoms with van der Waals surface area (Å²) >= 11 is 0. The van der Waals surface area contributed by atoms with E-state index in [0.717, 1.165) is 17.0 Å². The van der Waals surface area contributed by atoms with E-state index in [1.54, 1.807) is 16.8 Å². The van der Waals surface area contributed by atoms with Crippen molar-refractivity contribution in [3.8, 4) is 22.5 Å². The standard InChI is InChI=1S/C19H14FN5O/c1-12-3-2-4-17(23-12)13-8-21-19-24-18(10-25(19)9-13)15-7-14(22-11-26)5-6-16(15)20/h2-11H,1H3,(H,22,26). The van der Waals surface area contributed by atoms with E-state index in [4.69, 9.17) is 0 Å². The van der Waals surface area contributed by atoms with Crippen LogP contribution in [0.15, 0.2) is 55.0 Å². The number of rotatable bonds is 4. The second-order valence-electron chi connectivity index (χ2n) is 5.80. The van der Waals surface area contributed by atoms with Gasteiger partial charge in [0.05, 0.1) is 11.4 Å². The molecule has 0 saturated carbocycles. The average Bonchev–Trinajstić information content (AvgIpc) is 3.06. The smallest absolute Gasteiger partial charge is 0.234 e. The van der Waals surface area contributed by atoms with Gasteiger partial charge in [-0.25, -0.2) is 14.4 Å². The van der Waals surface area contributed by atoms with Gasteiger partial charge in [-0.15, -0.1) is 0 Å². The highest BCUT2D eigenvalue weighted by Crippen LogP contribution is 2.26. The van der Waals surface area contributed by atoms with E-state index >= 15 is 0 Å². The van der Waals surface area contributed by atoms with E-state index in [2.05, 4.69) is 20.3 Å². The summed E-state index contributed by atoms with van der Waals surface area (Å²) in [5.41, 5.74) is 3.76. The van der Waals surface area contributed by atoms with Gasteiger partial charge in [-0.3, -0.25) is 14.2 Å². The van der Waals surface area contributed by atoms with Crippen molar-refractivity contribution < 1.29 is 9.18 Å². The minimum Gasteiger partial charge on any atom is -0.329 e. The fourth-order valence-corrected chi connectivity index (χ4v) is 2.73. The summed E-state index contributed by atoms with van der Waals surface area (Å²) in [7, 11) is 0. The number of carbonyl (C=O) groups excluding carboxylic acids is 1. The summed E-state index contributed by atoms with van der Waals surface area (Å²) in [6, 6.07) is 10.1. The molecule has 0 unspecified atom stereocenters. The van der Waals surface area contributed by atoms with Crippen molar-refractivity contribution in [3.63, 3.8) is 0 Å². The molecule has 0 aliphatic heterocycles. The maximum Gasteiger partial charge on any atom is 0.234 e. The van der Waals surface area contributed by atoms with Crippen molar-refractivity contribution in [1.82, 2.24) is 19.4 Å². The van der Waals surface area contributed by atoms with Gasteiger partial charge >= 0.3 is 0 Å². The number of halogens is 1. The first-order chi connectivity index (χ1) is 12.6. The number of hydrogen-bond acceptors (Lipinski definition) is 4. The van der Waals surface area contributed by atoms with Crippen LogP contribution in [0.2, 0.25) is 0 Å². The molecule has 0 atom stereocenters. The Balaban J connectivity index is 1.79. The number of benzene rings is 1. The number of imidazole rings is 1. The maximum absolute atomic E-state index is 14.2. The van der Waals surface area contributed by atoms with Crippen LogP contribution in [0.4, 0.5) is 10.1 Å². The Hall–Kier alpha value is -3.61. The third-order valence-corrected chi connectivity index (χ3v) is 3.96. The highest BCUT2D eigenvalue weighted by molar-refractivity contribution is 5.75. The van der Waals surface area contributed by atoms with Crippen LogP contribution in [0, 0.1) is 12.7 Å². The molecule has 26 heavy (non-hydrogen) atoms. The van der Waals surface area contributed by atoms with E-state index < -0.39 is 5.82 Å². The number of nitrogens with zero attached hydrogens (tertiary/aromatic N) is 4. The zero-order valence-electron chi connectivity index (χ0n) is 13.8. The number of aryl methyl sites for hydroxylation is 1. The lowest BCUT2D eigenvalue weighted by Gasteiger charge is -2.03. The number of pyridine rings is 1. The van der Waals surface area contributed by atoms with Gasteiger partial charge < -0.3 is 5.32 Å². The van der Waals surface area contributed by atoms with Crippen LogP contribution in [0.3, 0.4) is 0 Å². The molecular weight excluding hydrogens is 333 g/mol. The summed E-state index contributed by atoms with van der Waals surface area (Å²) in [5.74, 6) is 0.0231. The highest BCUT2D eigenvalue weighted by atomic mass is 19.1. The van der Waals surface area contributed by atoms with Gasteiger partial charge in [-0.05, 0) is 37.3 Å². The molecule has 0 spiro atoms. The summed E-state index contributed by atoms with van der Waals surface area (Å²) in [6.07, 6.45) is 5.79. The van der Waals surface area contributed by atoms with Crippen molar-refractivity contribution in [2.45, 2.75) is 6.92 Å². The van der Waals surface area contributed by atoms with E-state index in [9.17, 15) is 9.18 Å². The summed E-state index contributed by atoms with van der Waals surface area (Å²) in [5, 5.41) is 2.51. The van der Waals surface area contributed by atoms with Gasteiger partial charge in [0.15, 0.2) is 0 Å². The fourth-order valence-electron chi connectivity index (χ4n) is 2.73. The zero-order chi connectivity index (χ0) is 18.1. The lowest BCUT2D eigenvalue weighted by atomic mass is 10.1. The molecule has 4 rings (SSSR count). The fraction of sp³-hybridized carbons (Fsp3) is 0.0526. The topological polar surface area (TPSA) is 72.2 Å². The number of amides is 1. The van der Waals surface area contributed by atoms with Crippen molar-refractivity contribution in [2.24, 2.45) is 0 Å². The van der Waals surface area contributed by atoms with Crippen LogP contribution in [0.5, 0.6) is 0 Å². The lowest BCUT2D eigenvalue weighted by Crippen LogP contribution is -1.95. The summed E-state index contributed by atoms with van der Waals surface area (Å²) in [4.78, 5) is 23.8. The SMILES string of the molecule is Cc1cccc(-c2cnc3nc(-c4cc(NC=O)ccc4F)cn3c2)n1. The predicted molar refractivity (Wildman–Crippen MR) is 96.0 cm³/mol. The first-order valence-electron chi connectivity index (χ1n) is 7.93. The molecule has 7 heteroatoms. The Kier molecular flexibility index (Phi) is 3.89. The molecule has 1 aromatic carbocycles. The van der Waals surface area contributed by atoms with E-state index in [-0.39, 0.29) is 5.56 Å². The third kappa shape index (κ3) is 2.90. The van der Waals surface area contributed by atoms with Crippen LogP contribution < -0.4 is 5.32 Å². The first-order valence-corrected chi connectivity index (χ1v) is 7.93. The molecule has 4 aromatic rings. The van der Waals surface area contributed by atoms with E-state index in [1.165, 1.54) is 18.2 Å². The third-order valence-electron chi connectivity index (χ3n) is 3.96. The molecule has 6 nitrogen and oxygen atoms in total. The van der Waals surface area contributed by atoms with Gasteiger partial charge in [0.25, 0.3) is 0 Å². The molecule has 0 radical (unpaired) electrons. The maximum atomic E-state index is 14.2. The van der Waals surface area contributed by atoms with Crippen molar-refractivity contribution >= 4 is 17.9 Å². The van der Waals surface area contributed by atoms with Gasteiger partial charge in [0.2, 0.25) is 12.2 Å². The minimum absolute atomic E-state index is 0.289. The molecule has 0 fully saturated rings. The van der Waals surface area contributed by atoms with Crippen molar-refractivity contribution in [3.05, 3.63) is 66.5 Å². The van der Waals surface area contributed by atoms with Crippen LogP contribution in [0.1, 0.15) is 5.69 Å². The number of nitrogens with one attached hydrogen (secondary N) is 1. The van der Waals surface area contributed by atoms with Crippen LogP contribution >= 0.6 is 0 Å². The molecular formula is C19H14FN5O. The Bertz CT molecular complexity index is 1120. The second-order valence-corrected chi connectivity index (χ2v) is 5.80. The molecule has 0 saturated heterocycles. The van der Waals surface area contributed by atoms with Crippen LogP contribution in [-0.2, 0) is 4.79 Å². The molecule has 0 aliphatic rings. The monoisotopic (exact) mass is 347 g/mol. The quantitative estimate of drug-likeness (QED) is 0.574. The minimum atomic E-state index is -0.426. The number of fused-ring (bicyclic) bond motifs is 1. The van der Waals surface area contributed by atoms with E-state index in [0.29, 0.717) is 23.6 Å². The molecule has 0 aliphatic carbocycles. The van der Waals surface area contributed by atoms with Crippen molar-refractivity contribution in [1.29, 1.82) is 0 Å². The normalized spacial score (nSPS) is 10.8. The Morgan fingerprint density at radius 3 is 2.81 bits per heavy atom. The summed E-state index contributed by atoms with van der Waals surface area (Å²) in [6.45, 7) is 1.92. The molecule has 1 N–H and O–H groups in total. The number of carbonyl (C=O) groups is 1. The van der Waals surface area contributed by atoms with E-state index in [1.807, 2.05) is 31.3 Å².